The third kappa shape index (κ3) is 1.44. The second kappa shape index (κ2) is 3.07. The number of aryl methyl sites for hydroxylation is 1. The number of nitrogens with one attached hydrogen (secondary N) is 1. The Hall–Kier alpha value is -0.960. The lowest BCUT2D eigenvalue weighted by Crippen LogP contribution is -1.83. The fourth-order valence-corrected chi connectivity index (χ4v) is 1.92. The Morgan fingerprint density at radius 2 is 2.08 bits per heavy atom. The fraction of sp³-hybridized carbons (Fsp3) is 0.200. The smallest absolute Gasteiger partial charge is 0.129 e. The van der Waals surface area contributed by atoms with Crippen molar-refractivity contribution in [2.75, 3.05) is 7.11 Å². The van der Waals surface area contributed by atoms with Gasteiger partial charge in [0.05, 0.1) is 12.6 Å². The van der Waals surface area contributed by atoms with Gasteiger partial charge in [-0.15, -0.1) is 0 Å². The van der Waals surface area contributed by atoms with Gasteiger partial charge in [0.1, 0.15) is 5.75 Å². The van der Waals surface area contributed by atoms with Gasteiger partial charge >= 0.3 is 0 Å². The number of halogens is 1. The molecule has 1 heterocycles. The van der Waals surface area contributed by atoms with E-state index in [4.69, 9.17) is 4.74 Å². The summed E-state index contributed by atoms with van der Waals surface area (Å²) < 4.78 is 6.30. The Morgan fingerprint density at radius 3 is 2.77 bits per heavy atom. The number of fused-ring (bicyclic) bond motifs is 1. The number of ether oxygens (including phenoxy) is 1. The summed E-state index contributed by atoms with van der Waals surface area (Å²) in [6.45, 7) is 2.04. The summed E-state index contributed by atoms with van der Waals surface area (Å²) in [6.07, 6.45) is 0. The molecule has 2 aromatic rings. The predicted octanol–water partition coefficient (Wildman–Crippen LogP) is 3.25. The highest BCUT2D eigenvalue weighted by molar-refractivity contribution is 9.10. The molecule has 68 valence electrons. The maximum absolute atomic E-state index is 5.27. The van der Waals surface area contributed by atoms with Crippen molar-refractivity contribution in [3.8, 4) is 5.75 Å². The molecule has 0 fully saturated rings. The van der Waals surface area contributed by atoms with Crippen LogP contribution in [0.1, 0.15) is 5.69 Å². The van der Waals surface area contributed by atoms with Gasteiger partial charge in [0, 0.05) is 15.6 Å². The van der Waals surface area contributed by atoms with Crippen LogP contribution in [0.2, 0.25) is 0 Å². The third-order valence-electron chi connectivity index (χ3n) is 2.02. The Labute approximate surface area is 85.0 Å². The molecule has 1 N–H and O–H groups in total. The van der Waals surface area contributed by atoms with E-state index in [-0.39, 0.29) is 0 Å². The zero-order valence-corrected chi connectivity index (χ0v) is 9.10. The van der Waals surface area contributed by atoms with Crippen LogP contribution in [0.5, 0.6) is 5.75 Å². The highest BCUT2D eigenvalue weighted by Crippen LogP contribution is 2.30. The van der Waals surface area contributed by atoms with E-state index in [0.29, 0.717) is 0 Å². The number of hydrogen-bond acceptors (Lipinski definition) is 1. The summed E-state index contributed by atoms with van der Waals surface area (Å²) in [5.74, 6) is 0.897. The van der Waals surface area contributed by atoms with E-state index in [1.807, 2.05) is 19.1 Å². The topological polar surface area (TPSA) is 25.0 Å². The molecule has 0 aliphatic carbocycles. The van der Waals surface area contributed by atoms with E-state index < -0.39 is 0 Å². The third-order valence-corrected chi connectivity index (χ3v) is 2.48. The minimum Gasteiger partial charge on any atom is -0.496 e. The van der Waals surface area contributed by atoms with E-state index in [2.05, 4.69) is 27.0 Å². The molecule has 0 aliphatic rings. The highest BCUT2D eigenvalue weighted by atomic mass is 79.9. The van der Waals surface area contributed by atoms with Crippen LogP contribution in [0.25, 0.3) is 10.9 Å². The molecule has 0 aliphatic heterocycles. The molecule has 1 aromatic carbocycles. The summed E-state index contributed by atoms with van der Waals surface area (Å²) in [7, 11) is 1.68. The van der Waals surface area contributed by atoms with Crippen molar-refractivity contribution in [2.45, 2.75) is 6.92 Å². The maximum atomic E-state index is 5.27. The molecule has 0 unspecified atom stereocenters. The van der Waals surface area contributed by atoms with Gasteiger partial charge in [-0.2, -0.15) is 0 Å². The van der Waals surface area contributed by atoms with E-state index in [1.54, 1.807) is 7.11 Å². The summed E-state index contributed by atoms with van der Waals surface area (Å²) in [6, 6.07) is 6.10. The minimum atomic E-state index is 0.897. The average molecular weight is 240 g/mol. The van der Waals surface area contributed by atoms with Crippen LogP contribution in [-0.2, 0) is 0 Å². The van der Waals surface area contributed by atoms with Gasteiger partial charge in [-0.25, -0.2) is 0 Å². The minimum absolute atomic E-state index is 0.897. The lowest BCUT2D eigenvalue weighted by atomic mass is 10.2. The molecular weight excluding hydrogens is 230 g/mol. The molecule has 0 spiro atoms. The largest absolute Gasteiger partial charge is 0.496 e. The maximum Gasteiger partial charge on any atom is 0.129 e. The molecule has 0 saturated carbocycles. The van der Waals surface area contributed by atoms with Crippen LogP contribution in [-0.4, -0.2) is 12.1 Å². The van der Waals surface area contributed by atoms with Crippen molar-refractivity contribution in [1.29, 1.82) is 0 Å². The van der Waals surface area contributed by atoms with E-state index in [1.165, 1.54) is 0 Å². The molecule has 1 aromatic heterocycles. The Balaban J connectivity index is 2.80. The summed E-state index contributed by atoms with van der Waals surface area (Å²) in [5, 5.41) is 1.13. The molecule has 13 heavy (non-hydrogen) atoms. The van der Waals surface area contributed by atoms with Crippen molar-refractivity contribution < 1.29 is 4.74 Å². The Kier molecular flexibility index (Phi) is 2.04. The Bertz CT molecular complexity index is 447. The van der Waals surface area contributed by atoms with Crippen molar-refractivity contribution in [3.63, 3.8) is 0 Å². The molecule has 0 bridgehead atoms. The summed E-state index contributed by atoms with van der Waals surface area (Å²) in [4.78, 5) is 3.26. The first-order valence-corrected chi connectivity index (χ1v) is 4.83. The zero-order chi connectivity index (χ0) is 9.42. The average Bonchev–Trinajstić information content (AvgIpc) is 2.43. The summed E-state index contributed by atoms with van der Waals surface area (Å²) in [5.41, 5.74) is 2.25. The van der Waals surface area contributed by atoms with Crippen LogP contribution < -0.4 is 4.74 Å². The van der Waals surface area contributed by atoms with Gasteiger partial charge in [0.15, 0.2) is 0 Å². The SMILES string of the molecule is COc1cc(Br)cc2[nH]c(C)cc12. The standard InChI is InChI=1S/C10H10BrNO/c1-6-3-8-9(12-6)4-7(11)5-10(8)13-2/h3-5,12H,1-2H3. The molecule has 3 heteroatoms. The molecule has 0 saturated heterocycles. The highest BCUT2D eigenvalue weighted by Gasteiger charge is 2.05. The quantitative estimate of drug-likeness (QED) is 0.813. The first kappa shape index (κ1) is 8.63. The van der Waals surface area contributed by atoms with Gasteiger partial charge in [0.25, 0.3) is 0 Å². The monoisotopic (exact) mass is 239 g/mol. The van der Waals surface area contributed by atoms with Crippen molar-refractivity contribution in [1.82, 2.24) is 4.98 Å². The first-order valence-electron chi connectivity index (χ1n) is 4.03. The summed E-state index contributed by atoms with van der Waals surface area (Å²) >= 11 is 3.43. The van der Waals surface area contributed by atoms with Crippen LogP contribution in [0, 0.1) is 6.92 Å². The predicted molar refractivity (Wildman–Crippen MR) is 57.3 cm³/mol. The number of aromatic amines is 1. The van der Waals surface area contributed by atoms with Gasteiger partial charge in [0.2, 0.25) is 0 Å². The number of aromatic nitrogens is 1. The molecule has 2 nitrogen and oxygen atoms in total. The van der Waals surface area contributed by atoms with Crippen LogP contribution in [0.4, 0.5) is 0 Å². The van der Waals surface area contributed by atoms with E-state index >= 15 is 0 Å². The van der Waals surface area contributed by atoms with Gasteiger partial charge < -0.3 is 9.72 Å². The zero-order valence-electron chi connectivity index (χ0n) is 7.52. The number of hydrogen-bond donors (Lipinski definition) is 1. The van der Waals surface area contributed by atoms with Crippen molar-refractivity contribution in [3.05, 3.63) is 28.4 Å². The second-order valence-electron chi connectivity index (χ2n) is 3.02. The number of benzene rings is 1. The fourth-order valence-electron chi connectivity index (χ4n) is 1.48. The first-order chi connectivity index (χ1) is 6.20. The van der Waals surface area contributed by atoms with Gasteiger partial charge in [-0.1, -0.05) is 15.9 Å². The molecular formula is C10H10BrNO. The number of rotatable bonds is 1. The molecule has 0 atom stereocenters. The van der Waals surface area contributed by atoms with Gasteiger partial charge in [-0.3, -0.25) is 0 Å². The second-order valence-corrected chi connectivity index (χ2v) is 3.94. The van der Waals surface area contributed by atoms with E-state index in [0.717, 1.165) is 26.8 Å². The van der Waals surface area contributed by atoms with E-state index in [9.17, 15) is 0 Å². The van der Waals surface area contributed by atoms with Crippen molar-refractivity contribution >= 4 is 26.8 Å². The van der Waals surface area contributed by atoms with Crippen molar-refractivity contribution in [2.24, 2.45) is 0 Å². The van der Waals surface area contributed by atoms with Gasteiger partial charge in [-0.05, 0) is 25.1 Å². The van der Waals surface area contributed by atoms with Crippen LogP contribution >= 0.6 is 15.9 Å². The Morgan fingerprint density at radius 1 is 1.31 bits per heavy atom. The normalized spacial score (nSPS) is 10.7. The van der Waals surface area contributed by atoms with Crippen LogP contribution in [0.15, 0.2) is 22.7 Å². The number of H-pyrrole nitrogens is 1. The lowest BCUT2D eigenvalue weighted by Gasteiger charge is -2.01. The lowest BCUT2D eigenvalue weighted by molar-refractivity contribution is 0.419. The number of methoxy groups -OCH3 is 1. The van der Waals surface area contributed by atoms with Crippen LogP contribution in [0.3, 0.4) is 0 Å². The molecule has 0 radical (unpaired) electrons. The molecule has 2 rings (SSSR count). The molecule has 0 amide bonds.